The third-order valence-electron chi connectivity index (χ3n) is 2.56. The van der Waals surface area contributed by atoms with Gasteiger partial charge in [0.1, 0.15) is 6.04 Å². The summed E-state index contributed by atoms with van der Waals surface area (Å²) in [5, 5.41) is 3.19. The second-order valence-electron chi connectivity index (χ2n) is 3.92. The molecule has 1 aromatic rings. The summed E-state index contributed by atoms with van der Waals surface area (Å²) in [5.41, 5.74) is 2.07. The Hall–Kier alpha value is -0.870. The van der Waals surface area contributed by atoms with Gasteiger partial charge in [0, 0.05) is 4.47 Å². The topological polar surface area (TPSA) is 38.3 Å². The van der Waals surface area contributed by atoms with Crippen molar-refractivity contribution < 1.29 is 9.53 Å². The molecule has 0 saturated heterocycles. The van der Waals surface area contributed by atoms with E-state index in [1.54, 1.807) is 0 Å². The Morgan fingerprint density at radius 3 is 2.76 bits per heavy atom. The molecule has 0 saturated carbocycles. The van der Waals surface area contributed by atoms with E-state index in [-0.39, 0.29) is 5.97 Å². The van der Waals surface area contributed by atoms with Crippen LogP contribution >= 0.6 is 15.9 Å². The average Bonchev–Trinajstić information content (AvgIpc) is 2.33. The lowest BCUT2D eigenvalue weighted by atomic mass is 10.1. The van der Waals surface area contributed by atoms with Gasteiger partial charge in [-0.3, -0.25) is 0 Å². The number of carbonyl (C=O) groups is 1. The van der Waals surface area contributed by atoms with E-state index >= 15 is 0 Å². The average molecular weight is 300 g/mol. The smallest absolute Gasteiger partial charge is 0.327 e. The van der Waals surface area contributed by atoms with E-state index in [2.05, 4.69) is 28.2 Å². The fourth-order valence-corrected chi connectivity index (χ4v) is 1.93. The van der Waals surface area contributed by atoms with E-state index in [0.29, 0.717) is 0 Å². The van der Waals surface area contributed by atoms with Crippen LogP contribution in [0.3, 0.4) is 0 Å². The molecule has 0 aliphatic carbocycles. The lowest BCUT2D eigenvalue weighted by Gasteiger charge is -2.17. The first-order valence-electron chi connectivity index (χ1n) is 5.67. The summed E-state index contributed by atoms with van der Waals surface area (Å²) in [6.45, 7) is 4.86. The molecule has 0 aliphatic rings. The van der Waals surface area contributed by atoms with Gasteiger partial charge in [-0.05, 0) is 37.1 Å². The Labute approximate surface area is 111 Å². The fraction of sp³-hybridized carbons (Fsp3) is 0.462. The standard InChI is InChI=1S/C13H18BrNO2/c1-4-7-15-12(13(16)17-3)10-6-5-9(2)11(14)8-10/h5-6,8,12,15H,4,7H2,1-3H3. The highest BCUT2D eigenvalue weighted by atomic mass is 79.9. The molecule has 3 nitrogen and oxygen atoms in total. The molecule has 0 heterocycles. The number of esters is 1. The molecule has 1 unspecified atom stereocenters. The summed E-state index contributed by atoms with van der Waals surface area (Å²) < 4.78 is 5.82. The van der Waals surface area contributed by atoms with Crippen molar-refractivity contribution in [2.45, 2.75) is 26.3 Å². The molecule has 0 aromatic heterocycles. The maximum absolute atomic E-state index is 11.7. The van der Waals surface area contributed by atoms with Gasteiger partial charge in [0.25, 0.3) is 0 Å². The highest BCUT2D eigenvalue weighted by Gasteiger charge is 2.20. The Bertz CT molecular complexity index is 393. The van der Waals surface area contributed by atoms with Crippen molar-refractivity contribution in [2.75, 3.05) is 13.7 Å². The number of aryl methyl sites for hydroxylation is 1. The van der Waals surface area contributed by atoms with E-state index in [9.17, 15) is 4.79 Å². The monoisotopic (exact) mass is 299 g/mol. The molecule has 0 fully saturated rings. The van der Waals surface area contributed by atoms with Gasteiger partial charge >= 0.3 is 5.97 Å². The van der Waals surface area contributed by atoms with E-state index < -0.39 is 6.04 Å². The predicted molar refractivity (Wildman–Crippen MR) is 71.9 cm³/mol. The Morgan fingerprint density at radius 2 is 2.24 bits per heavy atom. The molecule has 17 heavy (non-hydrogen) atoms. The minimum absolute atomic E-state index is 0.255. The van der Waals surface area contributed by atoms with E-state index in [4.69, 9.17) is 4.74 Å². The molecule has 1 aromatic carbocycles. The Balaban J connectivity index is 2.95. The van der Waals surface area contributed by atoms with Gasteiger partial charge in [0.05, 0.1) is 7.11 Å². The second-order valence-corrected chi connectivity index (χ2v) is 4.77. The molecule has 0 amide bonds. The van der Waals surface area contributed by atoms with Crippen molar-refractivity contribution in [1.29, 1.82) is 0 Å². The van der Waals surface area contributed by atoms with Gasteiger partial charge < -0.3 is 10.1 Å². The number of benzene rings is 1. The van der Waals surface area contributed by atoms with Crippen LogP contribution in [-0.2, 0) is 9.53 Å². The number of nitrogens with one attached hydrogen (secondary N) is 1. The number of carbonyl (C=O) groups excluding carboxylic acids is 1. The summed E-state index contributed by atoms with van der Waals surface area (Å²) in [6.07, 6.45) is 0.973. The molecule has 1 N–H and O–H groups in total. The molecular weight excluding hydrogens is 282 g/mol. The molecule has 4 heteroatoms. The lowest BCUT2D eigenvalue weighted by molar-refractivity contribution is -0.143. The molecule has 1 atom stereocenters. The fourth-order valence-electron chi connectivity index (χ4n) is 1.53. The van der Waals surface area contributed by atoms with Crippen molar-refractivity contribution in [3.8, 4) is 0 Å². The predicted octanol–water partition coefficient (Wildman–Crippen LogP) is 2.97. The number of rotatable bonds is 5. The number of methoxy groups -OCH3 is 1. The normalized spacial score (nSPS) is 12.2. The molecule has 94 valence electrons. The van der Waals surface area contributed by atoms with Gasteiger partial charge in [0.15, 0.2) is 0 Å². The van der Waals surface area contributed by atoms with Crippen LogP contribution in [0.1, 0.15) is 30.5 Å². The van der Waals surface area contributed by atoms with Gasteiger partial charge in [-0.2, -0.15) is 0 Å². The maximum atomic E-state index is 11.7. The summed E-state index contributed by atoms with van der Waals surface area (Å²) in [6, 6.07) is 5.50. The van der Waals surface area contributed by atoms with Crippen molar-refractivity contribution in [1.82, 2.24) is 5.32 Å². The van der Waals surface area contributed by atoms with E-state index in [1.165, 1.54) is 7.11 Å². The third kappa shape index (κ3) is 3.82. The van der Waals surface area contributed by atoms with E-state index in [0.717, 1.165) is 28.6 Å². The molecule has 1 rings (SSSR count). The summed E-state index contributed by atoms with van der Waals surface area (Å²) in [5.74, 6) is -0.255. The van der Waals surface area contributed by atoms with Gasteiger partial charge in [-0.15, -0.1) is 0 Å². The number of hydrogen-bond donors (Lipinski definition) is 1. The van der Waals surface area contributed by atoms with Crippen LogP contribution in [-0.4, -0.2) is 19.6 Å². The molecule has 0 bridgehead atoms. The van der Waals surface area contributed by atoms with Crippen LogP contribution in [0.15, 0.2) is 22.7 Å². The molecule has 0 aliphatic heterocycles. The van der Waals surface area contributed by atoms with Crippen molar-refractivity contribution in [3.63, 3.8) is 0 Å². The van der Waals surface area contributed by atoms with Crippen LogP contribution in [0, 0.1) is 6.92 Å². The first-order valence-corrected chi connectivity index (χ1v) is 6.46. The van der Waals surface area contributed by atoms with Crippen molar-refractivity contribution >= 4 is 21.9 Å². The summed E-state index contributed by atoms with van der Waals surface area (Å²) in [4.78, 5) is 11.7. The number of halogens is 1. The maximum Gasteiger partial charge on any atom is 0.327 e. The zero-order chi connectivity index (χ0) is 12.8. The van der Waals surface area contributed by atoms with Crippen LogP contribution in [0.4, 0.5) is 0 Å². The second kappa shape index (κ2) is 6.77. The van der Waals surface area contributed by atoms with Crippen molar-refractivity contribution in [2.24, 2.45) is 0 Å². The number of hydrogen-bond acceptors (Lipinski definition) is 3. The van der Waals surface area contributed by atoms with Crippen LogP contribution in [0.2, 0.25) is 0 Å². The lowest BCUT2D eigenvalue weighted by Crippen LogP contribution is -2.30. The van der Waals surface area contributed by atoms with Gasteiger partial charge in [-0.1, -0.05) is 35.0 Å². The summed E-state index contributed by atoms with van der Waals surface area (Å²) in [7, 11) is 1.41. The highest BCUT2D eigenvalue weighted by molar-refractivity contribution is 9.10. The van der Waals surface area contributed by atoms with Gasteiger partial charge in [0.2, 0.25) is 0 Å². The van der Waals surface area contributed by atoms with Crippen LogP contribution in [0.5, 0.6) is 0 Å². The summed E-state index contributed by atoms with van der Waals surface area (Å²) >= 11 is 3.47. The van der Waals surface area contributed by atoms with E-state index in [1.807, 2.05) is 25.1 Å². The zero-order valence-corrected chi connectivity index (χ0v) is 12.0. The quantitative estimate of drug-likeness (QED) is 0.850. The SMILES string of the molecule is CCCNC(C(=O)OC)c1ccc(C)c(Br)c1. The highest BCUT2D eigenvalue weighted by Crippen LogP contribution is 2.22. The molecule has 0 spiro atoms. The molecular formula is C13H18BrNO2. The van der Waals surface area contributed by atoms with Crippen LogP contribution in [0.25, 0.3) is 0 Å². The number of ether oxygens (including phenoxy) is 1. The van der Waals surface area contributed by atoms with Crippen molar-refractivity contribution in [3.05, 3.63) is 33.8 Å². The first-order chi connectivity index (χ1) is 8.10. The third-order valence-corrected chi connectivity index (χ3v) is 3.42. The first kappa shape index (κ1) is 14.2. The zero-order valence-electron chi connectivity index (χ0n) is 10.4. The van der Waals surface area contributed by atoms with Crippen LogP contribution < -0.4 is 5.32 Å². The van der Waals surface area contributed by atoms with Gasteiger partial charge in [-0.25, -0.2) is 4.79 Å². The Morgan fingerprint density at radius 1 is 1.53 bits per heavy atom. The minimum atomic E-state index is -0.392. The minimum Gasteiger partial charge on any atom is -0.468 e. The largest absolute Gasteiger partial charge is 0.468 e. The Kier molecular flexibility index (Phi) is 5.65. The molecule has 0 radical (unpaired) electrons.